The number of ether oxygens (including phenoxy) is 2. The molecule has 2 aliphatic rings. The highest BCUT2D eigenvalue weighted by Crippen LogP contribution is 2.39. The molecule has 6 heteroatoms. The maximum atomic E-state index is 12.7. The Morgan fingerprint density at radius 3 is 2.68 bits per heavy atom. The van der Waals surface area contributed by atoms with Crippen molar-refractivity contribution in [2.75, 3.05) is 20.8 Å². The van der Waals surface area contributed by atoms with Crippen molar-refractivity contribution in [2.45, 2.75) is 38.3 Å². The van der Waals surface area contributed by atoms with E-state index in [0.29, 0.717) is 36.9 Å². The molecule has 1 fully saturated rings. The lowest BCUT2D eigenvalue weighted by Gasteiger charge is -2.27. The molecule has 2 heterocycles. The molecule has 132 valence electrons. The number of carbonyl (C=O) groups excluding carboxylic acids is 1. The lowest BCUT2D eigenvalue weighted by Crippen LogP contribution is -2.39. The Morgan fingerprint density at radius 1 is 1.16 bits per heavy atom. The second-order valence-corrected chi connectivity index (χ2v) is 6.74. The number of amides is 1. The monoisotopic (exact) mass is 341 g/mol. The third kappa shape index (κ3) is 3.21. The van der Waals surface area contributed by atoms with Gasteiger partial charge in [0.1, 0.15) is 0 Å². The maximum Gasteiger partial charge on any atom is 0.227 e. The fourth-order valence-electron chi connectivity index (χ4n) is 3.36. The van der Waals surface area contributed by atoms with Gasteiger partial charge in [-0.3, -0.25) is 9.48 Å². The van der Waals surface area contributed by atoms with Crippen LogP contribution in [0.1, 0.15) is 35.7 Å². The van der Waals surface area contributed by atoms with E-state index in [0.717, 1.165) is 17.8 Å². The number of carbonyl (C=O) groups is 1. The van der Waals surface area contributed by atoms with E-state index in [4.69, 9.17) is 9.47 Å². The minimum Gasteiger partial charge on any atom is -0.493 e. The molecular weight excluding hydrogens is 318 g/mol. The summed E-state index contributed by atoms with van der Waals surface area (Å²) in [6, 6.07) is 7.80. The zero-order valence-electron chi connectivity index (χ0n) is 14.7. The highest BCUT2D eigenvalue weighted by molar-refractivity contribution is 5.79. The van der Waals surface area contributed by atoms with Crippen LogP contribution in [0.15, 0.2) is 24.3 Å². The normalized spacial score (nSPS) is 16.5. The first-order valence-electron chi connectivity index (χ1n) is 8.73. The summed E-state index contributed by atoms with van der Waals surface area (Å²) in [6.45, 7) is 2.14. The lowest BCUT2D eigenvalue weighted by atomic mass is 10.1. The molecule has 25 heavy (non-hydrogen) atoms. The van der Waals surface area contributed by atoms with Gasteiger partial charge in [-0.1, -0.05) is 6.07 Å². The standard InChI is InChI=1S/C19H23N3O3/c1-24-17-6-3-13(9-18(17)25-2)10-19(23)21-7-8-22-15(12-21)11-16(20-22)14-4-5-14/h3,6,9,11,14H,4-5,7-8,10,12H2,1-2H3. The Kier molecular flexibility index (Phi) is 4.11. The van der Waals surface area contributed by atoms with E-state index in [1.807, 2.05) is 23.1 Å². The average molecular weight is 341 g/mol. The molecule has 6 nitrogen and oxygen atoms in total. The topological polar surface area (TPSA) is 56.6 Å². The Labute approximate surface area is 147 Å². The zero-order chi connectivity index (χ0) is 17.4. The minimum atomic E-state index is 0.132. The van der Waals surface area contributed by atoms with Gasteiger partial charge in [-0.05, 0) is 36.6 Å². The van der Waals surface area contributed by atoms with Gasteiger partial charge >= 0.3 is 0 Å². The lowest BCUT2D eigenvalue weighted by molar-refractivity contribution is -0.132. The average Bonchev–Trinajstić information content (AvgIpc) is 3.40. The van der Waals surface area contributed by atoms with Crippen LogP contribution < -0.4 is 9.47 Å². The van der Waals surface area contributed by atoms with Crippen molar-refractivity contribution in [3.63, 3.8) is 0 Å². The molecule has 1 aliphatic carbocycles. The number of nitrogens with zero attached hydrogens (tertiary/aromatic N) is 3. The Hall–Kier alpha value is -2.50. The van der Waals surface area contributed by atoms with E-state index < -0.39 is 0 Å². The van der Waals surface area contributed by atoms with Gasteiger partial charge in [0, 0.05) is 12.5 Å². The van der Waals surface area contributed by atoms with Crippen LogP contribution in [0.4, 0.5) is 0 Å². The summed E-state index contributed by atoms with van der Waals surface area (Å²) in [4.78, 5) is 14.6. The highest BCUT2D eigenvalue weighted by Gasteiger charge is 2.29. The number of hydrogen-bond acceptors (Lipinski definition) is 4. The molecule has 1 aromatic carbocycles. The van der Waals surface area contributed by atoms with Crippen LogP contribution in [0, 0.1) is 0 Å². The predicted octanol–water partition coefficient (Wildman–Crippen LogP) is 2.36. The van der Waals surface area contributed by atoms with Crippen LogP contribution in [0.3, 0.4) is 0 Å². The van der Waals surface area contributed by atoms with Crippen LogP contribution >= 0.6 is 0 Å². The van der Waals surface area contributed by atoms with Gasteiger partial charge in [0.05, 0.1) is 45.1 Å². The van der Waals surface area contributed by atoms with Gasteiger partial charge in [-0.25, -0.2) is 0 Å². The Bertz CT molecular complexity index is 795. The van der Waals surface area contributed by atoms with Gasteiger partial charge in [0.15, 0.2) is 11.5 Å². The first kappa shape index (κ1) is 16.0. The Balaban J connectivity index is 1.44. The first-order chi connectivity index (χ1) is 12.2. The Morgan fingerprint density at radius 2 is 1.96 bits per heavy atom. The van der Waals surface area contributed by atoms with Crippen molar-refractivity contribution in [3.05, 3.63) is 41.2 Å². The summed E-state index contributed by atoms with van der Waals surface area (Å²) in [6.07, 6.45) is 2.86. The van der Waals surface area contributed by atoms with Gasteiger partial charge in [0.25, 0.3) is 0 Å². The molecule has 0 N–H and O–H groups in total. The van der Waals surface area contributed by atoms with Gasteiger partial charge < -0.3 is 14.4 Å². The summed E-state index contributed by atoms with van der Waals surface area (Å²) >= 11 is 0. The van der Waals surface area contributed by atoms with E-state index in [9.17, 15) is 4.79 Å². The molecular formula is C19H23N3O3. The van der Waals surface area contributed by atoms with Crippen LogP contribution in [0.5, 0.6) is 11.5 Å². The highest BCUT2D eigenvalue weighted by atomic mass is 16.5. The van der Waals surface area contributed by atoms with Gasteiger partial charge in [-0.2, -0.15) is 5.10 Å². The molecule has 4 rings (SSSR count). The van der Waals surface area contributed by atoms with E-state index in [1.54, 1.807) is 14.2 Å². The molecule has 1 amide bonds. The number of benzene rings is 1. The summed E-state index contributed by atoms with van der Waals surface area (Å²) in [5.41, 5.74) is 3.28. The van der Waals surface area contributed by atoms with Crippen molar-refractivity contribution in [2.24, 2.45) is 0 Å². The molecule has 0 unspecified atom stereocenters. The number of fused-ring (bicyclic) bond motifs is 1. The van der Waals surface area contributed by atoms with Crippen molar-refractivity contribution in [1.29, 1.82) is 0 Å². The number of hydrogen-bond donors (Lipinski definition) is 0. The molecule has 1 saturated carbocycles. The van der Waals surface area contributed by atoms with Crippen molar-refractivity contribution < 1.29 is 14.3 Å². The van der Waals surface area contributed by atoms with Crippen molar-refractivity contribution in [1.82, 2.24) is 14.7 Å². The van der Waals surface area contributed by atoms with Crippen LogP contribution in [-0.2, 0) is 24.3 Å². The van der Waals surface area contributed by atoms with E-state index in [1.165, 1.54) is 18.5 Å². The van der Waals surface area contributed by atoms with Crippen molar-refractivity contribution in [3.8, 4) is 11.5 Å². The summed E-state index contributed by atoms with van der Waals surface area (Å²) in [7, 11) is 3.21. The molecule has 0 bridgehead atoms. The molecule has 0 radical (unpaired) electrons. The maximum absolute atomic E-state index is 12.7. The van der Waals surface area contributed by atoms with Crippen LogP contribution in [0.2, 0.25) is 0 Å². The summed E-state index contributed by atoms with van der Waals surface area (Å²) < 4.78 is 12.6. The molecule has 0 spiro atoms. The molecule has 1 aromatic heterocycles. The predicted molar refractivity (Wildman–Crippen MR) is 92.9 cm³/mol. The van der Waals surface area contributed by atoms with E-state index in [-0.39, 0.29) is 5.91 Å². The number of rotatable bonds is 5. The molecule has 0 saturated heterocycles. The second-order valence-electron chi connectivity index (χ2n) is 6.74. The summed E-state index contributed by atoms with van der Waals surface area (Å²) in [5.74, 6) is 2.11. The van der Waals surface area contributed by atoms with Crippen molar-refractivity contribution >= 4 is 5.91 Å². The quantitative estimate of drug-likeness (QED) is 0.838. The van der Waals surface area contributed by atoms with Gasteiger partial charge in [0.2, 0.25) is 5.91 Å². The van der Waals surface area contributed by atoms with Crippen LogP contribution in [-0.4, -0.2) is 41.4 Å². The van der Waals surface area contributed by atoms with E-state index >= 15 is 0 Å². The SMILES string of the molecule is COc1ccc(CC(=O)N2CCn3nc(C4CC4)cc3C2)cc1OC. The molecule has 1 aliphatic heterocycles. The van der Waals surface area contributed by atoms with Gasteiger partial charge in [-0.15, -0.1) is 0 Å². The largest absolute Gasteiger partial charge is 0.493 e. The third-order valence-electron chi connectivity index (χ3n) is 4.97. The molecule has 0 atom stereocenters. The molecule has 2 aromatic rings. The van der Waals surface area contributed by atoms with E-state index in [2.05, 4.69) is 15.8 Å². The minimum absolute atomic E-state index is 0.132. The fourth-order valence-corrected chi connectivity index (χ4v) is 3.36. The number of methoxy groups -OCH3 is 2. The first-order valence-corrected chi connectivity index (χ1v) is 8.73. The zero-order valence-corrected chi connectivity index (χ0v) is 14.7. The fraction of sp³-hybridized carbons (Fsp3) is 0.474. The summed E-state index contributed by atoms with van der Waals surface area (Å²) in [5, 5.41) is 4.68. The smallest absolute Gasteiger partial charge is 0.227 e. The second kappa shape index (κ2) is 6.43. The number of aromatic nitrogens is 2. The third-order valence-corrected chi connectivity index (χ3v) is 4.97. The van der Waals surface area contributed by atoms with Crippen LogP contribution in [0.25, 0.3) is 0 Å².